The van der Waals surface area contributed by atoms with Crippen LogP contribution in [-0.2, 0) is 14.3 Å². The predicted molar refractivity (Wildman–Crippen MR) is 110 cm³/mol. The first-order chi connectivity index (χ1) is 13.1. The number of carbonyl (C=O) groups is 1. The fraction of sp³-hybridized carbons (Fsp3) is 0.0870. The van der Waals surface area contributed by atoms with Crippen LogP contribution in [-0.4, -0.2) is 13.1 Å². The van der Waals surface area contributed by atoms with Gasteiger partial charge in [0.05, 0.1) is 7.11 Å². The largest absolute Gasteiger partial charge is 0.479 e. The Hall–Kier alpha value is -2.85. The number of hydrogen-bond acceptors (Lipinski definition) is 3. The highest BCUT2D eigenvalue weighted by molar-refractivity contribution is 9.10. The summed E-state index contributed by atoms with van der Waals surface area (Å²) in [6.07, 6.45) is -0.428. The predicted octanol–water partition coefficient (Wildman–Crippen LogP) is 5.81. The van der Waals surface area contributed by atoms with E-state index in [0.717, 1.165) is 26.4 Å². The molecule has 1 aliphatic rings. The summed E-state index contributed by atoms with van der Waals surface area (Å²) in [5, 5.41) is 2.27. The zero-order valence-electron chi connectivity index (χ0n) is 14.7. The number of carbonyl (C=O) groups excluding carboxylic acids is 1. The molecule has 0 unspecified atom stereocenters. The molecular formula is C23H17BrO3. The topological polar surface area (TPSA) is 35.5 Å². The van der Waals surface area contributed by atoms with Gasteiger partial charge in [-0.15, -0.1) is 0 Å². The van der Waals surface area contributed by atoms with Gasteiger partial charge in [0.15, 0.2) is 0 Å². The van der Waals surface area contributed by atoms with Gasteiger partial charge in [0.25, 0.3) is 0 Å². The maximum Gasteiger partial charge on any atom is 0.342 e. The van der Waals surface area contributed by atoms with E-state index in [0.29, 0.717) is 16.9 Å². The van der Waals surface area contributed by atoms with Crippen molar-refractivity contribution < 1.29 is 14.3 Å². The molecule has 1 aliphatic heterocycles. The third-order valence-corrected chi connectivity index (χ3v) is 5.20. The second-order valence-corrected chi connectivity index (χ2v) is 7.25. The lowest BCUT2D eigenvalue weighted by atomic mass is 9.95. The molecule has 0 saturated heterocycles. The summed E-state index contributed by atoms with van der Waals surface area (Å²) in [6.45, 7) is 4.14. The van der Waals surface area contributed by atoms with Crippen LogP contribution in [0.2, 0.25) is 0 Å². The summed E-state index contributed by atoms with van der Waals surface area (Å²) in [5.41, 5.74) is 2.75. The van der Waals surface area contributed by atoms with Crippen molar-refractivity contribution in [2.45, 2.75) is 6.10 Å². The van der Waals surface area contributed by atoms with E-state index in [-0.39, 0.29) is 0 Å². The van der Waals surface area contributed by atoms with Crippen LogP contribution in [0, 0.1) is 0 Å². The average molecular weight is 421 g/mol. The number of ether oxygens (including phenoxy) is 2. The van der Waals surface area contributed by atoms with Crippen molar-refractivity contribution in [1.82, 2.24) is 0 Å². The first kappa shape index (κ1) is 17.6. The highest BCUT2D eigenvalue weighted by atomic mass is 79.9. The summed E-state index contributed by atoms with van der Waals surface area (Å²) in [7, 11) is 1.37. The van der Waals surface area contributed by atoms with E-state index in [4.69, 9.17) is 9.47 Å². The molecule has 1 heterocycles. The molecule has 0 N–H and O–H groups in total. The van der Waals surface area contributed by atoms with Crippen molar-refractivity contribution in [1.29, 1.82) is 0 Å². The molecule has 0 amide bonds. The Morgan fingerprint density at radius 2 is 1.74 bits per heavy atom. The fourth-order valence-corrected chi connectivity index (χ4v) is 3.57. The number of hydrogen-bond donors (Lipinski definition) is 0. The smallest absolute Gasteiger partial charge is 0.342 e. The molecule has 0 radical (unpaired) electrons. The van der Waals surface area contributed by atoms with Crippen LogP contribution in [0.1, 0.15) is 17.2 Å². The van der Waals surface area contributed by atoms with Crippen molar-refractivity contribution in [2.75, 3.05) is 7.11 Å². The summed E-state index contributed by atoms with van der Waals surface area (Å²) >= 11 is 3.43. The van der Waals surface area contributed by atoms with Gasteiger partial charge < -0.3 is 9.47 Å². The monoisotopic (exact) mass is 420 g/mol. The summed E-state index contributed by atoms with van der Waals surface area (Å²) in [4.78, 5) is 12.4. The summed E-state index contributed by atoms with van der Waals surface area (Å²) in [5.74, 6) is 0.0544. The number of esters is 1. The van der Waals surface area contributed by atoms with Gasteiger partial charge in [0.2, 0.25) is 0 Å². The van der Waals surface area contributed by atoms with Gasteiger partial charge in [0, 0.05) is 15.6 Å². The lowest BCUT2D eigenvalue weighted by Gasteiger charge is -2.15. The minimum Gasteiger partial charge on any atom is -0.479 e. The Bertz CT molecular complexity index is 1080. The number of benzene rings is 3. The SMILES string of the molecule is C=C1C(C(=O)OC)=C(c2ccc(Br)cc2)O[C@H]1c1ccc2ccccc2c1. The highest BCUT2D eigenvalue weighted by Gasteiger charge is 2.36. The molecule has 0 bridgehead atoms. The maximum absolute atomic E-state index is 12.4. The molecular weight excluding hydrogens is 404 g/mol. The number of methoxy groups -OCH3 is 1. The maximum atomic E-state index is 12.4. The first-order valence-corrected chi connectivity index (χ1v) is 9.31. The van der Waals surface area contributed by atoms with E-state index in [1.165, 1.54) is 7.11 Å². The minimum absolute atomic E-state index is 0.387. The third-order valence-electron chi connectivity index (χ3n) is 4.67. The second kappa shape index (κ2) is 7.05. The van der Waals surface area contributed by atoms with Crippen molar-refractivity contribution >= 4 is 38.4 Å². The van der Waals surface area contributed by atoms with Crippen LogP contribution in [0.5, 0.6) is 0 Å². The van der Waals surface area contributed by atoms with E-state index < -0.39 is 12.1 Å². The normalized spacial score (nSPS) is 16.5. The zero-order valence-corrected chi connectivity index (χ0v) is 16.3. The minimum atomic E-state index is -0.443. The lowest BCUT2D eigenvalue weighted by molar-refractivity contribution is -0.135. The molecule has 0 spiro atoms. The van der Waals surface area contributed by atoms with E-state index in [1.807, 2.05) is 42.5 Å². The van der Waals surface area contributed by atoms with Crippen LogP contribution >= 0.6 is 15.9 Å². The van der Waals surface area contributed by atoms with E-state index in [1.54, 1.807) is 0 Å². The standard InChI is InChI=1S/C23H17BrO3/c1-14-20(23(25)26-2)22(16-9-11-19(24)12-10-16)27-21(14)18-8-7-15-5-3-4-6-17(15)13-18/h3-13,21H,1H2,2H3/t21-/m1/s1. The van der Waals surface area contributed by atoms with Crippen LogP contribution < -0.4 is 0 Å². The first-order valence-electron chi connectivity index (χ1n) is 8.51. The zero-order chi connectivity index (χ0) is 19.0. The van der Waals surface area contributed by atoms with Gasteiger partial charge in [-0.1, -0.05) is 71.0 Å². The van der Waals surface area contributed by atoms with Crippen LogP contribution in [0.3, 0.4) is 0 Å². The Balaban J connectivity index is 1.78. The Kier molecular flexibility index (Phi) is 4.58. The molecule has 3 nitrogen and oxygen atoms in total. The van der Waals surface area contributed by atoms with Gasteiger partial charge in [0.1, 0.15) is 17.4 Å². The van der Waals surface area contributed by atoms with Crippen molar-refractivity contribution in [3.8, 4) is 0 Å². The van der Waals surface area contributed by atoms with Crippen LogP contribution in [0.25, 0.3) is 16.5 Å². The van der Waals surface area contributed by atoms with Gasteiger partial charge >= 0.3 is 5.97 Å². The second-order valence-electron chi connectivity index (χ2n) is 6.33. The van der Waals surface area contributed by atoms with Crippen LogP contribution in [0.15, 0.2) is 88.9 Å². The molecule has 27 heavy (non-hydrogen) atoms. The van der Waals surface area contributed by atoms with Crippen molar-refractivity contribution in [2.24, 2.45) is 0 Å². The summed E-state index contributed by atoms with van der Waals surface area (Å²) in [6, 6.07) is 21.9. The lowest BCUT2D eigenvalue weighted by Crippen LogP contribution is -2.07. The molecule has 3 aromatic carbocycles. The molecule has 4 rings (SSSR count). The van der Waals surface area contributed by atoms with Crippen molar-refractivity contribution in [3.63, 3.8) is 0 Å². The molecule has 134 valence electrons. The molecule has 0 fully saturated rings. The number of halogens is 1. The molecule has 3 aromatic rings. The Morgan fingerprint density at radius 1 is 1.04 bits per heavy atom. The van der Waals surface area contributed by atoms with Gasteiger partial charge in [-0.2, -0.15) is 0 Å². The van der Waals surface area contributed by atoms with E-state index >= 15 is 0 Å². The molecule has 4 heteroatoms. The van der Waals surface area contributed by atoms with Crippen LogP contribution in [0.4, 0.5) is 0 Å². The van der Waals surface area contributed by atoms with Gasteiger partial charge in [-0.3, -0.25) is 0 Å². The van der Waals surface area contributed by atoms with E-state index in [9.17, 15) is 4.79 Å². The van der Waals surface area contributed by atoms with Gasteiger partial charge in [-0.05, 0) is 34.5 Å². The van der Waals surface area contributed by atoms with E-state index in [2.05, 4.69) is 46.8 Å². The average Bonchev–Trinajstić information content (AvgIpc) is 3.04. The highest BCUT2D eigenvalue weighted by Crippen LogP contribution is 2.44. The summed E-state index contributed by atoms with van der Waals surface area (Å²) < 4.78 is 12.2. The molecule has 0 aromatic heterocycles. The number of rotatable bonds is 3. The fourth-order valence-electron chi connectivity index (χ4n) is 3.30. The van der Waals surface area contributed by atoms with Crippen molar-refractivity contribution in [3.05, 3.63) is 100 Å². The quantitative estimate of drug-likeness (QED) is 0.501. The number of fused-ring (bicyclic) bond motifs is 1. The Labute approximate surface area is 166 Å². The molecule has 0 saturated carbocycles. The Morgan fingerprint density at radius 3 is 2.44 bits per heavy atom. The molecule has 0 aliphatic carbocycles. The van der Waals surface area contributed by atoms with Gasteiger partial charge in [-0.25, -0.2) is 4.79 Å². The third kappa shape index (κ3) is 3.17. The molecule has 1 atom stereocenters.